The SMILES string of the molecule is Cc1sc2nc(CN3CCN(Cc4nc(-c5ccc(F)cc5)no4)CC3)[nH]c(=O)c2c1C. The van der Waals surface area contributed by atoms with Crippen molar-refractivity contribution in [3.05, 3.63) is 62.6 Å². The fraction of sp³-hybridized carbons (Fsp3) is 0.364. The fourth-order valence-electron chi connectivity index (χ4n) is 3.92. The Morgan fingerprint density at radius 2 is 1.75 bits per heavy atom. The van der Waals surface area contributed by atoms with Gasteiger partial charge in [0.05, 0.1) is 18.5 Å². The number of thiophene rings is 1. The number of piperazine rings is 1. The topological polar surface area (TPSA) is 91.2 Å². The monoisotopic (exact) mass is 454 g/mol. The third-order valence-corrected chi connectivity index (χ3v) is 6.96. The van der Waals surface area contributed by atoms with Crippen LogP contribution in [-0.4, -0.2) is 56.1 Å². The largest absolute Gasteiger partial charge is 0.338 e. The van der Waals surface area contributed by atoms with E-state index in [0.717, 1.165) is 47.0 Å². The van der Waals surface area contributed by atoms with E-state index in [9.17, 15) is 9.18 Å². The van der Waals surface area contributed by atoms with Gasteiger partial charge in [0.25, 0.3) is 5.56 Å². The van der Waals surface area contributed by atoms with Crippen LogP contribution in [0.5, 0.6) is 0 Å². The van der Waals surface area contributed by atoms with Crippen LogP contribution in [0.15, 0.2) is 33.6 Å². The van der Waals surface area contributed by atoms with Gasteiger partial charge in [-0.1, -0.05) is 5.16 Å². The van der Waals surface area contributed by atoms with E-state index >= 15 is 0 Å². The van der Waals surface area contributed by atoms with Gasteiger partial charge in [0, 0.05) is 36.6 Å². The van der Waals surface area contributed by atoms with E-state index in [1.807, 2.05) is 13.8 Å². The van der Waals surface area contributed by atoms with E-state index in [1.54, 1.807) is 23.5 Å². The van der Waals surface area contributed by atoms with Crippen LogP contribution in [0.4, 0.5) is 4.39 Å². The van der Waals surface area contributed by atoms with E-state index in [-0.39, 0.29) is 11.4 Å². The summed E-state index contributed by atoms with van der Waals surface area (Å²) in [4.78, 5) is 31.0. The normalized spacial score (nSPS) is 15.6. The molecule has 166 valence electrons. The van der Waals surface area contributed by atoms with Crippen LogP contribution < -0.4 is 5.56 Å². The molecule has 0 radical (unpaired) electrons. The lowest BCUT2D eigenvalue weighted by atomic mass is 10.2. The van der Waals surface area contributed by atoms with Crippen molar-refractivity contribution in [1.29, 1.82) is 0 Å². The van der Waals surface area contributed by atoms with Gasteiger partial charge in [-0.05, 0) is 43.7 Å². The van der Waals surface area contributed by atoms with Crippen LogP contribution in [0, 0.1) is 19.7 Å². The highest BCUT2D eigenvalue weighted by Gasteiger charge is 2.21. The molecule has 1 aliphatic heterocycles. The number of hydrogen-bond acceptors (Lipinski definition) is 8. The summed E-state index contributed by atoms with van der Waals surface area (Å²) < 4.78 is 18.5. The molecule has 1 aliphatic rings. The molecule has 5 rings (SSSR count). The molecule has 0 aliphatic carbocycles. The molecule has 32 heavy (non-hydrogen) atoms. The van der Waals surface area contributed by atoms with Crippen molar-refractivity contribution in [3.8, 4) is 11.4 Å². The summed E-state index contributed by atoms with van der Waals surface area (Å²) in [6.45, 7) is 8.56. The van der Waals surface area contributed by atoms with Gasteiger partial charge in [0.15, 0.2) is 0 Å². The second-order valence-electron chi connectivity index (χ2n) is 8.05. The Labute approximate surface area is 187 Å². The number of fused-ring (bicyclic) bond motifs is 1. The highest BCUT2D eigenvalue weighted by molar-refractivity contribution is 7.18. The standard InChI is InChI=1S/C22H23FN6O2S/c1-13-14(2)32-22-19(13)21(30)24-17(25-22)11-28-7-9-29(10-8-28)12-18-26-20(27-31-18)15-3-5-16(23)6-4-15/h3-6H,7-12H2,1-2H3,(H,24,25,30). The summed E-state index contributed by atoms with van der Waals surface area (Å²) in [5.41, 5.74) is 1.68. The van der Waals surface area contributed by atoms with E-state index in [1.165, 1.54) is 12.1 Å². The van der Waals surface area contributed by atoms with Crippen LogP contribution in [-0.2, 0) is 13.1 Å². The van der Waals surface area contributed by atoms with Crippen molar-refractivity contribution in [2.24, 2.45) is 0 Å². The van der Waals surface area contributed by atoms with Crippen LogP contribution in [0.25, 0.3) is 21.6 Å². The number of nitrogens with zero attached hydrogens (tertiary/aromatic N) is 5. The quantitative estimate of drug-likeness (QED) is 0.495. The lowest BCUT2D eigenvalue weighted by Crippen LogP contribution is -2.45. The van der Waals surface area contributed by atoms with Gasteiger partial charge >= 0.3 is 0 Å². The van der Waals surface area contributed by atoms with E-state index in [2.05, 4.69) is 29.9 Å². The van der Waals surface area contributed by atoms with Crippen molar-refractivity contribution in [1.82, 2.24) is 29.9 Å². The molecule has 0 spiro atoms. The zero-order chi connectivity index (χ0) is 22.2. The molecule has 3 aromatic heterocycles. The maximum Gasteiger partial charge on any atom is 0.259 e. The summed E-state index contributed by atoms with van der Waals surface area (Å²) in [7, 11) is 0. The van der Waals surface area contributed by atoms with Gasteiger partial charge in [0.1, 0.15) is 16.5 Å². The lowest BCUT2D eigenvalue weighted by Gasteiger charge is -2.33. The van der Waals surface area contributed by atoms with Crippen molar-refractivity contribution in [2.45, 2.75) is 26.9 Å². The number of aryl methyl sites for hydroxylation is 2. The van der Waals surface area contributed by atoms with Gasteiger partial charge < -0.3 is 9.51 Å². The molecule has 0 saturated carbocycles. The highest BCUT2D eigenvalue weighted by Crippen LogP contribution is 2.26. The molecule has 8 nitrogen and oxygen atoms in total. The molecule has 0 atom stereocenters. The third-order valence-electron chi connectivity index (χ3n) is 5.86. The van der Waals surface area contributed by atoms with Crippen LogP contribution in [0.3, 0.4) is 0 Å². The predicted molar refractivity (Wildman–Crippen MR) is 120 cm³/mol. The molecule has 10 heteroatoms. The Kier molecular flexibility index (Phi) is 5.58. The number of halogens is 1. The maximum atomic E-state index is 13.1. The number of hydrogen-bond donors (Lipinski definition) is 1. The van der Waals surface area contributed by atoms with Crippen molar-refractivity contribution >= 4 is 21.6 Å². The lowest BCUT2D eigenvalue weighted by molar-refractivity contribution is 0.110. The van der Waals surface area contributed by atoms with Crippen molar-refractivity contribution in [3.63, 3.8) is 0 Å². The van der Waals surface area contributed by atoms with Crippen LogP contribution in [0.1, 0.15) is 22.2 Å². The van der Waals surface area contributed by atoms with Gasteiger partial charge in [-0.15, -0.1) is 11.3 Å². The number of aromatic amines is 1. The first-order chi connectivity index (χ1) is 15.5. The van der Waals surface area contributed by atoms with Crippen LogP contribution >= 0.6 is 11.3 Å². The number of aromatic nitrogens is 4. The van der Waals surface area contributed by atoms with Gasteiger partial charge in [-0.2, -0.15) is 4.98 Å². The van der Waals surface area contributed by atoms with E-state index in [0.29, 0.717) is 36.0 Å². The molecule has 1 N–H and O–H groups in total. The Morgan fingerprint density at radius 3 is 2.47 bits per heavy atom. The number of H-pyrrole nitrogens is 1. The minimum Gasteiger partial charge on any atom is -0.338 e. The molecule has 1 saturated heterocycles. The smallest absolute Gasteiger partial charge is 0.259 e. The maximum absolute atomic E-state index is 13.1. The summed E-state index contributed by atoms with van der Waals surface area (Å²) >= 11 is 1.57. The molecular formula is C22H23FN6O2S. The zero-order valence-corrected chi connectivity index (χ0v) is 18.7. The van der Waals surface area contributed by atoms with E-state index < -0.39 is 0 Å². The van der Waals surface area contributed by atoms with Crippen molar-refractivity contribution < 1.29 is 8.91 Å². The predicted octanol–water partition coefficient (Wildman–Crippen LogP) is 3.11. The Balaban J connectivity index is 1.18. The first kappa shape index (κ1) is 20.9. The Morgan fingerprint density at radius 1 is 1.06 bits per heavy atom. The van der Waals surface area contributed by atoms with Crippen LogP contribution in [0.2, 0.25) is 0 Å². The summed E-state index contributed by atoms with van der Waals surface area (Å²) in [6.07, 6.45) is 0. The first-order valence-corrected chi connectivity index (χ1v) is 11.3. The first-order valence-electron chi connectivity index (χ1n) is 10.5. The molecular weight excluding hydrogens is 431 g/mol. The molecule has 0 bridgehead atoms. The molecule has 0 unspecified atom stereocenters. The summed E-state index contributed by atoms with van der Waals surface area (Å²) in [6, 6.07) is 6.03. The molecule has 0 amide bonds. The van der Waals surface area contributed by atoms with Crippen molar-refractivity contribution in [2.75, 3.05) is 26.2 Å². The number of rotatable bonds is 5. The third kappa shape index (κ3) is 4.21. The second-order valence-corrected chi connectivity index (χ2v) is 9.25. The van der Waals surface area contributed by atoms with E-state index in [4.69, 9.17) is 4.52 Å². The number of nitrogens with one attached hydrogen (secondary N) is 1. The van der Waals surface area contributed by atoms with Gasteiger partial charge in [-0.3, -0.25) is 14.6 Å². The fourth-order valence-corrected chi connectivity index (χ4v) is 4.97. The minimum atomic E-state index is -0.296. The zero-order valence-electron chi connectivity index (χ0n) is 17.9. The Hall–Kier alpha value is -2.95. The average Bonchev–Trinajstić information content (AvgIpc) is 3.34. The summed E-state index contributed by atoms with van der Waals surface area (Å²) in [5, 5.41) is 4.72. The van der Waals surface area contributed by atoms with Gasteiger partial charge in [0.2, 0.25) is 11.7 Å². The second kappa shape index (κ2) is 8.53. The average molecular weight is 455 g/mol. The molecule has 4 heterocycles. The molecule has 1 fully saturated rings. The number of benzene rings is 1. The Bertz CT molecular complexity index is 1300. The highest BCUT2D eigenvalue weighted by atomic mass is 32.1. The molecule has 4 aromatic rings. The summed E-state index contributed by atoms with van der Waals surface area (Å²) in [5.74, 6) is 1.41. The minimum absolute atomic E-state index is 0.0566. The molecule has 1 aromatic carbocycles. The van der Waals surface area contributed by atoms with Gasteiger partial charge in [-0.25, -0.2) is 9.37 Å².